The van der Waals surface area contributed by atoms with Gasteiger partial charge in [0.2, 0.25) is 0 Å². The molecular formula is C22H28N2O2. The molecule has 1 fully saturated rings. The quantitative estimate of drug-likeness (QED) is 0.743. The van der Waals surface area contributed by atoms with Crippen LogP contribution >= 0.6 is 0 Å². The van der Waals surface area contributed by atoms with Crippen molar-refractivity contribution >= 4 is 17.2 Å². The van der Waals surface area contributed by atoms with Crippen LogP contribution in [0.15, 0.2) is 48.5 Å². The van der Waals surface area contributed by atoms with Gasteiger partial charge in [-0.1, -0.05) is 43.3 Å². The molecule has 1 saturated heterocycles. The number of carbonyl (C=O) groups is 1. The number of hydrogen-bond acceptors (Lipinski definition) is 4. The fourth-order valence-electron chi connectivity index (χ4n) is 3.54. The number of ether oxygens (including phenoxy) is 1. The maximum atomic E-state index is 13.3. The van der Waals surface area contributed by atoms with E-state index in [2.05, 4.69) is 28.0 Å². The summed E-state index contributed by atoms with van der Waals surface area (Å²) in [5.74, 6) is 0.147. The van der Waals surface area contributed by atoms with Crippen molar-refractivity contribution < 1.29 is 9.53 Å². The minimum absolute atomic E-state index is 0.0606. The number of nitrogens with zero attached hydrogens (tertiary/aromatic N) is 2. The largest absolute Gasteiger partial charge is 0.378 e. The van der Waals surface area contributed by atoms with Gasteiger partial charge in [0.1, 0.15) is 0 Å². The first-order valence-electron chi connectivity index (χ1n) is 9.29. The predicted molar refractivity (Wildman–Crippen MR) is 107 cm³/mol. The van der Waals surface area contributed by atoms with Crippen LogP contribution in [0.3, 0.4) is 0 Å². The molecule has 1 atom stereocenters. The Balaban J connectivity index is 1.92. The summed E-state index contributed by atoms with van der Waals surface area (Å²) in [7, 11) is 4.06. The number of Topliss-reactive ketones (excluding diaryl/α,β-unsaturated/α-hetero) is 1. The number of benzene rings is 2. The molecule has 0 radical (unpaired) electrons. The summed E-state index contributed by atoms with van der Waals surface area (Å²) in [6.07, 6.45) is 0.758. The fraction of sp³-hybridized carbons (Fsp3) is 0.409. The third-order valence-corrected chi connectivity index (χ3v) is 4.92. The van der Waals surface area contributed by atoms with Crippen molar-refractivity contribution in [1.82, 2.24) is 0 Å². The molecule has 2 aromatic carbocycles. The maximum absolute atomic E-state index is 13.3. The second kappa shape index (κ2) is 8.37. The van der Waals surface area contributed by atoms with Gasteiger partial charge in [0.25, 0.3) is 0 Å². The van der Waals surface area contributed by atoms with Gasteiger partial charge in [0.05, 0.1) is 24.6 Å². The number of rotatable bonds is 6. The molecule has 0 aliphatic carbocycles. The van der Waals surface area contributed by atoms with Crippen LogP contribution in [0.2, 0.25) is 0 Å². The first-order chi connectivity index (χ1) is 12.6. The number of para-hydroxylation sites is 1. The molecule has 4 nitrogen and oxygen atoms in total. The average molecular weight is 352 g/mol. The molecule has 0 aromatic heterocycles. The Hall–Kier alpha value is -2.33. The van der Waals surface area contributed by atoms with Gasteiger partial charge in [-0.25, -0.2) is 0 Å². The molecule has 1 aliphatic heterocycles. The van der Waals surface area contributed by atoms with Gasteiger partial charge in [0.15, 0.2) is 5.78 Å². The Morgan fingerprint density at radius 2 is 1.77 bits per heavy atom. The average Bonchev–Trinajstić information content (AvgIpc) is 2.68. The molecule has 138 valence electrons. The lowest BCUT2D eigenvalue weighted by atomic mass is 9.91. The van der Waals surface area contributed by atoms with Crippen LogP contribution in [-0.2, 0) is 11.2 Å². The van der Waals surface area contributed by atoms with Crippen molar-refractivity contribution in [2.24, 2.45) is 5.92 Å². The van der Waals surface area contributed by atoms with Crippen molar-refractivity contribution in [1.29, 1.82) is 0 Å². The summed E-state index contributed by atoms with van der Waals surface area (Å²) in [6.45, 7) is 5.07. The highest BCUT2D eigenvalue weighted by Crippen LogP contribution is 2.34. The zero-order chi connectivity index (χ0) is 18.5. The number of carbonyl (C=O) groups excluding carboxylic acids is 1. The normalized spacial score (nSPS) is 15.6. The van der Waals surface area contributed by atoms with E-state index in [0.29, 0.717) is 13.2 Å². The molecule has 0 bridgehead atoms. The van der Waals surface area contributed by atoms with Gasteiger partial charge in [-0.3, -0.25) is 4.79 Å². The summed E-state index contributed by atoms with van der Waals surface area (Å²) >= 11 is 0. The van der Waals surface area contributed by atoms with E-state index in [-0.39, 0.29) is 11.7 Å². The standard InChI is InChI=1S/C22H28N2O2/c1-17(16-18-8-5-4-6-9-18)22(25)19-10-7-11-20(23(2)3)21(19)24-12-14-26-15-13-24/h4-11,17H,12-16H2,1-3H3. The van der Waals surface area contributed by atoms with Crippen LogP contribution in [0.25, 0.3) is 0 Å². The van der Waals surface area contributed by atoms with Crippen molar-refractivity contribution in [3.63, 3.8) is 0 Å². The molecule has 0 N–H and O–H groups in total. The number of morpholine rings is 1. The Kier molecular flexibility index (Phi) is 5.94. The smallest absolute Gasteiger partial charge is 0.168 e. The molecule has 26 heavy (non-hydrogen) atoms. The fourth-order valence-corrected chi connectivity index (χ4v) is 3.54. The highest BCUT2D eigenvalue weighted by molar-refractivity contribution is 6.05. The molecule has 0 saturated carbocycles. The topological polar surface area (TPSA) is 32.8 Å². The molecule has 0 spiro atoms. The minimum Gasteiger partial charge on any atom is -0.378 e. The third-order valence-electron chi connectivity index (χ3n) is 4.92. The van der Waals surface area contributed by atoms with Crippen molar-refractivity contribution in [2.75, 3.05) is 50.2 Å². The van der Waals surface area contributed by atoms with E-state index in [1.807, 2.05) is 51.4 Å². The van der Waals surface area contributed by atoms with Crippen molar-refractivity contribution in [2.45, 2.75) is 13.3 Å². The third kappa shape index (κ3) is 4.07. The number of anilines is 2. The maximum Gasteiger partial charge on any atom is 0.168 e. The molecule has 0 amide bonds. The molecule has 3 rings (SSSR count). The van der Waals surface area contributed by atoms with Crippen molar-refractivity contribution in [3.8, 4) is 0 Å². The summed E-state index contributed by atoms with van der Waals surface area (Å²) < 4.78 is 5.51. The Morgan fingerprint density at radius 3 is 2.42 bits per heavy atom. The van der Waals surface area contributed by atoms with Crippen molar-refractivity contribution in [3.05, 3.63) is 59.7 Å². The minimum atomic E-state index is -0.0606. The molecule has 1 aliphatic rings. The van der Waals surface area contributed by atoms with E-state index in [9.17, 15) is 4.79 Å². The van der Waals surface area contributed by atoms with E-state index in [1.165, 1.54) is 5.56 Å². The second-order valence-corrected chi connectivity index (χ2v) is 7.12. The van der Waals surface area contributed by atoms with Gasteiger partial charge >= 0.3 is 0 Å². The highest BCUT2D eigenvalue weighted by Gasteiger charge is 2.25. The van der Waals surface area contributed by atoms with Crippen LogP contribution in [0.5, 0.6) is 0 Å². The summed E-state index contributed by atoms with van der Waals surface area (Å²) in [5.41, 5.74) is 4.15. The zero-order valence-corrected chi connectivity index (χ0v) is 15.9. The van der Waals surface area contributed by atoms with E-state index < -0.39 is 0 Å². The lowest BCUT2D eigenvalue weighted by Gasteiger charge is -2.34. The number of hydrogen-bond donors (Lipinski definition) is 0. The van der Waals surface area contributed by atoms with Gasteiger partial charge in [0, 0.05) is 38.7 Å². The van der Waals surface area contributed by atoms with Gasteiger partial charge < -0.3 is 14.5 Å². The van der Waals surface area contributed by atoms with Gasteiger partial charge in [-0.15, -0.1) is 0 Å². The van der Waals surface area contributed by atoms with Crippen LogP contribution < -0.4 is 9.80 Å². The molecule has 1 heterocycles. The predicted octanol–water partition coefficient (Wildman–Crippen LogP) is 3.65. The first-order valence-corrected chi connectivity index (χ1v) is 9.29. The summed E-state index contributed by atoms with van der Waals surface area (Å²) in [6, 6.07) is 16.3. The van der Waals surface area contributed by atoms with E-state index >= 15 is 0 Å². The zero-order valence-electron chi connectivity index (χ0n) is 15.9. The molecular weight excluding hydrogens is 324 g/mol. The Labute approximate surface area is 156 Å². The summed E-state index contributed by atoms with van der Waals surface area (Å²) in [4.78, 5) is 17.7. The SMILES string of the molecule is CC(Cc1ccccc1)C(=O)c1cccc(N(C)C)c1N1CCOCC1. The van der Waals surface area contributed by atoms with Crippen LogP contribution in [0.1, 0.15) is 22.8 Å². The van der Waals surface area contributed by atoms with E-state index in [0.717, 1.165) is 36.4 Å². The molecule has 4 heteroatoms. The second-order valence-electron chi connectivity index (χ2n) is 7.12. The first kappa shape index (κ1) is 18.5. The molecule has 1 unspecified atom stereocenters. The Bertz CT molecular complexity index is 737. The van der Waals surface area contributed by atoms with Crippen LogP contribution in [-0.4, -0.2) is 46.2 Å². The van der Waals surface area contributed by atoms with Crippen LogP contribution in [0.4, 0.5) is 11.4 Å². The van der Waals surface area contributed by atoms with Gasteiger partial charge in [-0.05, 0) is 24.1 Å². The Morgan fingerprint density at radius 1 is 1.08 bits per heavy atom. The van der Waals surface area contributed by atoms with E-state index in [1.54, 1.807) is 0 Å². The molecule has 2 aromatic rings. The monoisotopic (exact) mass is 352 g/mol. The lowest BCUT2D eigenvalue weighted by Crippen LogP contribution is -2.38. The lowest BCUT2D eigenvalue weighted by molar-refractivity contribution is 0.0928. The number of ketones is 1. The van der Waals surface area contributed by atoms with E-state index in [4.69, 9.17) is 4.74 Å². The van der Waals surface area contributed by atoms with Gasteiger partial charge in [-0.2, -0.15) is 0 Å². The summed E-state index contributed by atoms with van der Waals surface area (Å²) in [5, 5.41) is 0. The highest BCUT2D eigenvalue weighted by atomic mass is 16.5. The van der Waals surface area contributed by atoms with Crippen LogP contribution in [0, 0.1) is 5.92 Å².